The Kier molecular flexibility index (Phi) is 6.56. The molecular formula is C14H21NO3S. The molecule has 0 aliphatic carbocycles. The lowest BCUT2D eigenvalue weighted by Gasteiger charge is -2.12. The van der Waals surface area contributed by atoms with Crippen molar-refractivity contribution >= 4 is 23.2 Å². The summed E-state index contributed by atoms with van der Waals surface area (Å²) in [4.78, 5) is 25.3. The minimum atomic E-state index is -0.320. The van der Waals surface area contributed by atoms with E-state index in [0.29, 0.717) is 6.61 Å². The Morgan fingerprint density at radius 1 is 1.37 bits per heavy atom. The van der Waals surface area contributed by atoms with Gasteiger partial charge >= 0.3 is 5.97 Å². The van der Waals surface area contributed by atoms with E-state index in [1.165, 1.54) is 9.75 Å². The molecule has 0 fully saturated rings. The molecule has 1 rings (SSSR count). The standard InChI is InChI=1S/C14H21NO3S/c1-4-18-14(17)8-7-13(16)15-10(2)9-12-6-5-11(3)19-12/h5-6,10H,4,7-9H2,1-3H3,(H,15,16). The van der Waals surface area contributed by atoms with Crippen molar-refractivity contribution in [1.82, 2.24) is 5.32 Å². The zero-order valence-corrected chi connectivity index (χ0v) is 12.5. The van der Waals surface area contributed by atoms with Crippen LogP contribution in [0, 0.1) is 6.92 Å². The van der Waals surface area contributed by atoms with Gasteiger partial charge in [-0.05, 0) is 32.9 Å². The number of carbonyl (C=O) groups is 2. The molecule has 0 saturated heterocycles. The normalized spacial score (nSPS) is 11.9. The molecule has 1 aromatic heterocycles. The number of hydrogen-bond donors (Lipinski definition) is 1. The first kappa shape index (κ1) is 15.7. The lowest BCUT2D eigenvalue weighted by atomic mass is 10.2. The third-order valence-electron chi connectivity index (χ3n) is 2.57. The summed E-state index contributed by atoms with van der Waals surface area (Å²) in [6.07, 6.45) is 1.15. The van der Waals surface area contributed by atoms with Gasteiger partial charge in [0.05, 0.1) is 13.0 Å². The number of hydrogen-bond acceptors (Lipinski definition) is 4. The third-order valence-corrected chi connectivity index (χ3v) is 3.60. The predicted octanol–water partition coefficient (Wildman–Crippen LogP) is 2.45. The van der Waals surface area contributed by atoms with Crippen LogP contribution in [0.25, 0.3) is 0 Å². The summed E-state index contributed by atoms with van der Waals surface area (Å²) < 4.78 is 4.78. The van der Waals surface area contributed by atoms with E-state index >= 15 is 0 Å². The largest absolute Gasteiger partial charge is 0.466 e. The number of carbonyl (C=O) groups excluding carboxylic acids is 2. The lowest BCUT2D eigenvalue weighted by Crippen LogP contribution is -2.34. The van der Waals surface area contributed by atoms with Crippen molar-refractivity contribution in [3.8, 4) is 0 Å². The van der Waals surface area contributed by atoms with Crippen LogP contribution in [0.4, 0.5) is 0 Å². The summed E-state index contributed by atoms with van der Waals surface area (Å²) in [6.45, 7) is 6.14. The van der Waals surface area contributed by atoms with Gasteiger partial charge in [-0.25, -0.2) is 0 Å². The van der Waals surface area contributed by atoms with Crippen molar-refractivity contribution in [3.63, 3.8) is 0 Å². The molecule has 1 heterocycles. The molecule has 1 aromatic rings. The fourth-order valence-corrected chi connectivity index (χ4v) is 2.76. The number of thiophene rings is 1. The van der Waals surface area contributed by atoms with Crippen LogP contribution in [0.5, 0.6) is 0 Å². The van der Waals surface area contributed by atoms with Crippen molar-refractivity contribution in [1.29, 1.82) is 0 Å². The van der Waals surface area contributed by atoms with Crippen molar-refractivity contribution in [3.05, 3.63) is 21.9 Å². The van der Waals surface area contributed by atoms with Gasteiger partial charge < -0.3 is 10.1 Å². The van der Waals surface area contributed by atoms with E-state index in [4.69, 9.17) is 4.74 Å². The highest BCUT2D eigenvalue weighted by Gasteiger charge is 2.11. The number of esters is 1. The van der Waals surface area contributed by atoms with Gasteiger partial charge in [-0.2, -0.15) is 0 Å². The Balaban J connectivity index is 2.26. The molecule has 19 heavy (non-hydrogen) atoms. The SMILES string of the molecule is CCOC(=O)CCC(=O)NC(C)Cc1ccc(C)s1. The second-order valence-corrected chi connectivity index (χ2v) is 5.86. The monoisotopic (exact) mass is 283 g/mol. The molecule has 0 radical (unpaired) electrons. The van der Waals surface area contributed by atoms with Crippen LogP contribution in [0.2, 0.25) is 0 Å². The smallest absolute Gasteiger partial charge is 0.306 e. The van der Waals surface area contributed by atoms with Gasteiger partial charge in [0, 0.05) is 28.6 Å². The molecule has 5 heteroatoms. The van der Waals surface area contributed by atoms with Crippen LogP contribution in [0.15, 0.2) is 12.1 Å². The summed E-state index contributed by atoms with van der Waals surface area (Å²) in [5.41, 5.74) is 0. The average Bonchev–Trinajstić information content (AvgIpc) is 2.72. The first-order valence-electron chi connectivity index (χ1n) is 6.51. The van der Waals surface area contributed by atoms with E-state index < -0.39 is 0 Å². The highest BCUT2D eigenvalue weighted by atomic mass is 32.1. The fourth-order valence-electron chi connectivity index (χ4n) is 1.74. The number of nitrogens with one attached hydrogen (secondary N) is 1. The number of ether oxygens (including phenoxy) is 1. The van der Waals surface area contributed by atoms with Gasteiger partial charge in [0.2, 0.25) is 5.91 Å². The zero-order valence-electron chi connectivity index (χ0n) is 11.7. The van der Waals surface area contributed by atoms with Crippen molar-refractivity contribution in [2.24, 2.45) is 0 Å². The van der Waals surface area contributed by atoms with Crippen LogP contribution in [0.3, 0.4) is 0 Å². The maximum Gasteiger partial charge on any atom is 0.306 e. The van der Waals surface area contributed by atoms with Gasteiger partial charge in [-0.1, -0.05) is 0 Å². The minimum Gasteiger partial charge on any atom is -0.466 e. The first-order chi connectivity index (χ1) is 9.01. The van der Waals surface area contributed by atoms with E-state index in [1.54, 1.807) is 18.3 Å². The summed E-state index contributed by atoms with van der Waals surface area (Å²) in [5, 5.41) is 2.90. The molecule has 1 atom stereocenters. The Hall–Kier alpha value is -1.36. The van der Waals surface area contributed by atoms with Gasteiger partial charge in [0.15, 0.2) is 0 Å². The second kappa shape index (κ2) is 7.94. The number of rotatable bonds is 7. The molecule has 0 aromatic carbocycles. The molecule has 0 bridgehead atoms. The topological polar surface area (TPSA) is 55.4 Å². The van der Waals surface area contributed by atoms with Crippen molar-refractivity contribution in [2.45, 2.75) is 46.1 Å². The number of amides is 1. The summed E-state index contributed by atoms with van der Waals surface area (Å²) in [5.74, 6) is -0.423. The van der Waals surface area contributed by atoms with Gasteiger partial charge in [-0.3, -0.25) is 9.59 Å². The fraction of sp³-hybridized carbons (Fsp3) is 0.571. The van der Waals surface area contributed by atoms with Crippen LogP contribution in [-0.2, 0) is 20.7 Å². The van der Waals surface area contributed by atoms with Crippen molar-refractivity contribution < 1.29 is 14.3 Å². The Bertz CT molecular complexity index is 428. The summed E-state index contributed by atoms with van der Waals surface area (Å²) >= 11 is 1.74. The second-order valence-electron chi connectivity index (χ2n) is 4.49. The van der Waals surface area contributed by atoms with Crippen LogP contribution < -0.4 is 5.32 Å². The molecule has 0 aliphatic rings. The Labute approximate surface area is 118 Å². The van der Waals surface area contributed by atoms with Gasteiger partial charge in [0.1, 0.15) is 0 Å². The third kappa shape index (κ3) is 6.38. The summed E-state index contributed by atoms with van der Waals surface area (Å²) in [7, 11) is 0. The van der Waals surface area contributed by atoms with Crippen LogP contribution >= 0.6 is 11.3 Å². The highest BCUT2D eigenvalue weighted by Crippen LogP contribution is 2.16. The molecule has 4 nitrogen and oxygen atoms in total. The van der Waals surface area contributed by atoms with Crippen molar-refractivity contribution in [2.75, 3.05) is 6.61 Å². The summed E-state index contributed by atoms with van der Waals surface area (Å²) in [6, 6.07) is 4.24. The van der Waals surface area contributed by atoms with E-state index in [9.17, 15) is 9.59 Å². The molecule has 1 unspecified atom stereocenters. The highest BCUT2D eigenvalue weighted by molar-refractivity contribution is 7.11. The molecule has 106 valence electrons. The Morgan fingerprint density at radius 2 is 2.11 bits per heavy atom. The van der Waals surface area contributed by atoms with E-state index in [1.807, 2.05) is 6.92 Å². The molecule has 0 spiro atoms. The molecular weight excluding hydrogens is 262 g/mol. The van der Waals surface area contributed by atoms with E-state index in [0.717, 1.165) is 6.42 Å². The molecule has 1 amide bonds. The maximum absolute atomic E-state index is 11.6. The number of aryl methyl sites for hydroxylation is 1. The van der Waals surface area contributed by atoms with E-state index in [-0.39, 0.29) is 30.8 Å². The zero-order chi connectivity index (χ0) is 14.3. The Morgan fingerprint density at radius 3 is 2.68 bits per heavy atom. The lowest BCUT2D eigenvalue weighted by molar-refractivity contribution is -0.144. The minimum absolute atomic E-state index is 0.0766. The average molecular weight is 283 g/mol. The van der Waals surface area contributed by atoms with Gasteiger partial charge in [-0.15, -0.1) is 11.3 Å². The maximum atomic E-state index is 11.6. The van der Waals surface area contributed by atoms with Crippen LogP contribution in [0.1, 0.15) is 36.4 Å². The molecule has 1 N–H and O–H groups in total. The molecule has 0 aliphatic heterocycles. The van der Waals surface area contributed by atoms with Gasteiger partial charge in [0.25, 0.3) is 0 Å². The predicted molar refractivity (Wildman–Crippen MR) is 76.2 cm³/mol. The quantitative estimate of drug-likeness (QED) is 0.782. The van der Waals surface area contributed by atoms with Crippen LogP contribution in [-0.4, -0.2) is 24.5 Å². The first-order valence-corrected chi connectivity index (χ1v) is 7.33. The van der Waals surface area contributed by atoms with E-state index in [2.05, 4.69) is 24.4 Å². The molecule has 0 saturated carbocycles.